The van der Waals surface area contributed by atoms with Crippen molar-refractivity contribution < 1.29 is 0 Å². The van der Waals surface area contributed by atoms with Crippen LogP contribution in [0.1, 0.15) is 33.4 Å². The maximum atomic E-state index is 2.54. The molecular formula is C93H60B3N3. The highest BCUT2D eigenvalue weighted by molar-refractivity contribution is 7.00. The van der Waals surface area contributed by atoms with Crippen LogP contribution < -0.4 is 49.2 Å². The van der Waals surface area contributed by atoms with Crippen molar-refractivity contribution in [3.8, 4) is 50.4 Å². The van der Waals surface area contributed by atoms with Gasteiger partial charge in [-0.05, 0) is 161 Å². The van der Waals surface area contributed by atoms with Crippen LogP contribution in [0, 0.1) is 0 Å². The summed E-state index contributed by atoms with van der Waals surface area (Å²) in [4.78, 5) is 0. The summed E-state index contributed by atoms with van der Waals surface area (Å²) in [6.45, 7) is 0.818. The van der Waals surface area contributed by atoms with E-state index in [0.29, 0.717) is 0 Å². The Labute approximate surface area is 575 Å². The van der Waals surface area contributed by atoms with E-state index in [-0.39, 0.29) is 20.1 Å². The summed E-state index contributed by atoms with van der Waals surface area (Å²) >= 11 is 0. The summed E-state index contributed by atoms with van der Waals surface area (Å²) in [5, 5.41) is 8.13. The molecule has 0 atom stereocenters. The Kier molecular flexibility index (Phi) is 11.8. The highest BCUT2D eigenvalue weighted by Gasteiger charge is 2.43. The first-order chi connectivity index (χ1) is 49.2. The van der Waals surface area contributed by atoms with E-state index in [9.17, 15) is 0 Å². The Morgan fingerprint density at radius 1 is 0.222 bits per heavy atom. The summed E-state index contributed by atoms with van der Waals surface area (Å²) in [7, 11) is 0. The predicted molar refractivity (Wildman–Crippen MR) is 420 cm³/mol. The normalized spacial score (nSPS) is 13.3. The first-order valence-corrected chi connectivity index (χ1v) is 35.1. The lowest BCUT2D eigenvalue weighted by molar-refractivity contribution is 1.16. The Bertz CT molecular complexity index is 6470. The van der Waals surface area contributed by atoms with Crippen molar-refractivity contribution in [2.45, 2.75) is 19.3 Å². The minimum atomic E-state index is 0.268. The van der Waals surface area contributed by atoms with Gasteiger partial charge < -0.3 is 13.7 Å². The van der Waals surface area contributed by atoms with E-state index in [1.165, 1.54) is 198 Å². The maximum absolute atomic E-state index is 2.54. The third-order valence-corrected chi connectivity index (χ3v) is 23.1. The zero-order chi connectivity index (χ0) is 64.6. The first-order valence-electron chi connectivity index (χ1n) is 35.1. The van der Waals surface area contributed by atoms with Crippen LogP contribution in [0.2, 0.25) is 0 Å². The van der Waals surface area contributed by atoms with Crippen LogP contribution in [0.3, 0.4) is 0 Å². The van der Waals surface area contributed by atoms with Gasteiger partial charge in [-0.3, -0.25) is 0 Å². The molecule has 24 rings (SSSR count). The smallest absolute Gasteiger partial charge is 0.247 e. The Morgan fingerprint density at radius 3 is 1.24 bits per heavy atom. The minimum absolute atomic E-state index is 0.268. The van der Waals surface area contributed by atoms with Crippen molar-refractivity contribution in [1.29, 1.82) is 0 Å². The second-order valence-corrected chi connectivity index (χ2v) is 27.9. The predicted octanol–water partition coefficient (Wildman–Crippen LogP) is 15.6. The molecule has 0 fully saturated rings. The van der Waals surface area contributed by atoms with Crippen LogP contribution >= 0.6 is 0 Å². The van der Waals surface area contributed by atoms with Gasteiger partial charge in [-0.25, -0.2) is 0 Å². The Morgan fingerprint density at radius 2 is 0.636 bits per heavy atom. The molecule has 0 amide bonds. The fraction of sp³-hybridized carbons (Fsp3) is 0.0323. The van der Waals surface area contributed by atoms with Crippen molar-refractivity contribution in [3.63, 3.8) is 0 Å². The molecule has 6 aliphatic heterocycles. The zero-order valence-corrected chi connectivity index (χ0v) is 54.4. The molecule has 6 aliphatic rings. The van der Waals surface area contributed by atoms with Crippen molar-refractivity contribution in [2.24, 2.45) is 0 Å². The SMILES string of the molecule is c1ccc(-c2cc3c4c5c2c2ccccc2n5-c2ccccc2B4c2ccccc2C3)cc1.c1ccc(-c2cc3c4ccccc4n4c3c3c2Cc2ccccc2B3c2ccccc2-4)cc1.c1ccc(-c2cccc3c2Cc2ccc4c5ccccc5n5c4c2B3c2ccccc2-5)cc1. The second kappa shape index (κ2) is 21.2. The summed E-state index contributed by atoms with van der Waals surface area (Å²) in [6.07, 6.45) is 2.94. The topological polar surface area (TPSA) is 14.8 Å². The molecule has 456 valence electrons. The highest BCUT2D eigenvalue weighted by atomic mass is 15.0. The Balaban J connectivity index is 0.0000000949. The summed E-state index contributed by atoms with van der Waals surface area (Å²) in [5.41, 5.74) is 41.9. The molecule has 0 N–H and O–H groups in total. The number of nitrogens with zero attached hydrogens (tertiary/aromatic N) is 3. The van der Waals surface area contributed by atoms with Crippen LogP contribution in [-0.2, 0) is 19.3 Å². The van der Waals surface area contributed by atoms with Gasteiger partial charge in [0.15, 0.2) is 0 Å². The average molecular weight is 1250 g/mol. The zero-order valence-electron chi connectivity index (χ0n) is 54.4. The van der Waals surface area contributed by atoms with E-state index in [1.807, 2.05) is 0 Å². The fourth-order valence-electron chi connectivity index (χ4n) is 19.2. The maximum Gasteiger partial charge on any atom is 0.247 e. The number of para-hydroxylation sites is 6. The summed E-state index contributed by atoms with van der Waals surface area (Å²) < 4.78 is 7.58. The average Bonchev–Trinajstić information content (AvgIpc) is 1.62. The van der Waals surface area contributed by atoms with Crippen molar-refractivity contribution in [3.05, 3.63) is 361 Å². The van der Waals surface area contributed by atoms with Crippen molar-refractivity contribution >= 4 is 135 Å². The van der Waals surface area contributed by atoms with Crippen LogP contribution in [0.4, 0.5) is 0 Å². The Hall–Kier alpha value is -12.1. The quantitative estimate of drug-likeness (QED) is 0.157. The summed E-state index contributed by atoms with van der Waals surface area (Å²) in [5.74, 6) is 0. The minimum Gasteiger partial charge on any atom is -0.310 e. The second-order valence-electron chi connectivity index (χ2n) is 27.9. The highest BCUT2D eigenvalue weighted by Crippen LogP contribution is 2.44. The van der Waals surface area contributed by atoms with E-state index in [1.54, 1.807) is 0 Å². The fourth-order valence-corrected chi connectivity index (χ4v) is 19.2. The molecule has 0 spiro atoms. The van der Waals surface area contributed by atoms with Crippen LogP contribution in [0.5, 0.6) is 0 Å². The van der Waals surface area contributed by atoms with Crippen molar-refractivity contribution in [1.82, 2.24) is 13.7 Å². The molecule has 15 aromatic carbocycles. The number of rotatable bonds is 3. The summed E-state index contributed by atoms with van der Waals surface area (Å²) in [6, 6.07) is 121. The molecule has 99 heavy (non-hydrogen) atoms. The van der Waals surface area contributed by atoms with Gasteiger partial charge >= 0.3 is 0 Å². The van der Waals surface area contributed by atoms with Gasteiger partial charge in [-0.1, -0.05) is 302 Å². The van der Waals surface area contributed by atoms with E-state index in [4.69, 9.17) is 0 Å². The molecular weight excluding hydrogens is 1190 g/mol. The van der Waals surface area contributed by atoms with Gasteiger partial charge in [0.05, 0.1) is 22.1 Å². The van der Waals surface area contributed by atoms with E-state index >= 15 is 0 Å². The molecule has 9 heterocycles. The molecule has 0 saturated heterocycles. The van der Waals surface area contributed by atoms with Crippen LogP contribution in [-0.4, -0.2) is 33.8 Å². The lowest BCUT2D eigenvalue weighted by Crippen LogP contribution is -2.60. The van der Waals surface area contributed by atoms with E-state index in [0.717, 1.165) is 19.3 Å². The van der Waals surface area contributed by atoms with Gasteiger partial charge in [-0.15, -0.1) is 0 Å². The standard InChI is InChI=1S/3C31H20BN/c1-2-10-20(11-3-1)24-19-22-18-21-12-4-6-14-25(21)32-26-15-7-9-17-28(26)33-27-16-8-5-13-23(27)29(24)31(33)30(22)32;1-2-10-20(11-3-1)23-19-25-22-13-5-8-16-28(22)33-29-17-9-7-15-27(29)32-26-14-6-4-12-21(26)18-24(23)30(32)31(25)33;1-2-9-20(10-3-1)22-12-8-14-26-25(22)19-21-17-18-24-23-11-4-6-15-28(23)33-29-16-7-5-13-27(29)32(26)30(21)31(24)33/h2*1-17,19H,18H2;1-18H,19H2. The van der Waals surface area contributed by atoms with Gasteiger partial charge in [0.1, 0.15) is 0 Å². The van der Waals surface area contributed by atoms with E-state index < -0.39 is 0 Å². The third kappa shape index (κ3) is 7.77. The molecule has 0 bridgehead atoms. The number of hydrogen-bond donors (Lipinski definition) is 0. The van der Waals surface area contributed by atoms with Gasteiger partial charge in [0.2, 0.25) is 20.1 Å². The van der Waals surface area contributed by atoms with Gasteiger partial charge in [-0.2, -0.15) is 0 Å². The lowest BCUT2D eigenvalue weighted by Gasteiger charge is -2.34. The number of benzene rings is 15. The van der Waals surface area contributed by atoms with Gasteiger partial charge in [0.25, 0.3) is 0 Å². The third-order valence-electron chi connectivity index (χ3n) is 23.1. The molecule has 3 nitrogen and oxygen atoms in total. The monoisotopic (exact) mass is 1250 g/mol. The van der Waals surface area contributed by atoms with Gasteiger partial charge in [0, 0.05) is 60.4 Å². The van der Waals surface area contributed by atoms with Crippen LogP contribution in [0.25, 0.3) is 116 Å². The molecule has 0 saturated carbocycles. The number of hydrogen-bond acceptors (Lipinski definition) is 0. The molecule has 3 aromatic heterocycles. The lowest BCUT2D eigenvalue weighted by atomic mass is 9.32. The number of aromatic nitrogens is 3. The van der Waals surface area contributed by atoms with Crippen molar-refractivity contribution in [2.75, 3.05) is 0 Å². The molecule has 0 aliphatic carbocycles. The first kappa shape index (κ1) is 55.1. The van der Waals surface area contributed by atoms with E-state index in [2.05, 4.69) is 341 Å². The molecule has 18 aromatic rings. The largest absolute Gasteiger partial charge is 0.310 e. The van der Waals surface area contributed by atoms with Crippen LogP contribution in [0.15, 0.2) is 328 Å². The molecule has 6 heteroatoms. The molecule has 0 radical (unpaired) electrons. The number of fused-ring (bicyclic) bond motifs is 24. The molecule has 0 unspecified atom stereocenters.